The highest BCUT2D eigenvalue weighted by molar-refractivity contribution is 5.91. The van der Waals surface area contributed by atoms with Crippen LogP contribution in [0, 0.1) is 5.92 Å². The number of furan rings is 1. The first-order valence-corrected chi connectivity index (χ1v) is 9.34. The maximum absolute atomic E-state index is 12.9. The third kappa shape index (κ3) is 4.34. The van der Waals surface area contributed by atoms with Gasteiger partial charge in [0, 0.05) is 32.1 Å². The van der Waals surface area contributed by atoms with E-state index in [0.29, 0.717) is 31.7 Å². The normalized spacial score (nSPS) is 15.0. The topological polar surface area (TPSA) is 53.8 Å². The minimum Gasteiger partial charge on any atom is -0.459 e. The lowest BCUT2D eigenvalue weighted by atomic mass is 9.95. The van der Waals surface area contributed by atoms with Crippen molar-refractivity contribution in [1.29, 1.82) is 0 Å². The molecule has 1 aromatic carbocycles. The molecule has 0 spiro atoms. The van der Waals surface area contributed by atoms with Crippen molar-refractivity contribution in [2.75, 3.05) is 26.2 Å². The minimum atomic E-state index is -0.0858. The molecule has 0 radical (unpaired) electrons. The van der Waals surface area contributed by atoms with Gasteiger partial charge in [-0.25, -0.2) is 0 Å². The van der Waals surface area contributed by atoms with E-state index in [1.54, 1.807) is 17.0 Å². The molecule has 0 unspecified atom stereocenters. The zero-order valence-corrected chi connectivity index (χ0v) is 15.3. The van der Waals surface area contributed by atoms with Gasteiger partial charge in [-0.05, 0) is 43.9 Å². The van der Waals surface area contributed by atoms with Gasteiger partial charge in [0.1, 0.15) is 0 Å². The van der Waals surface area contributed by atoms with Crippen molar-refractivity contribution in [3.8, 4) is 0 Å². The number of likely N-dealkylation sites (tertiary alicyclic amines) is 1. The average Bonchev–Trinajstić information content (AvgIpc) is 3.23. The number of amides is 2. The van der Waals surface area contributed by atoms with Crippen LogP contribution in [0.3, 0.4) is 0 Å². The Balaban J connectivity index is 1.50. The molecule has 26 heavy (non-hydrogen) atoms. The van der Waals surface area contributed by atoms with Crippen LogP contribution in [0.4, 0.5) is 0 Å². The Bertz CT molecular complexity index is 704. The molecule has 1 fully saturated rings. The molecular formula is C21H26N2O3. The van der Waals surface area contributed by atoms with Crippen LogP contribution in [-0.2, 0) is 11.2 Å². The van der Waals surface area contributed by atoms with Crippen molar-refractivity contribution >= 4 is 11.8 Å². The Morgan fingerprint density at radius 1 is 1.12 bits per heavy atom. The molecule has 5 nitrogen and oxygen atoms in total. The monoisotopic (exact) mass is 354 g/mol. The zero-order chi connectivity index (χ0) is 18.4. The number of hydrogen-bond donors (Lipinski definition) is 0. The first-order chi connectivity index (χ1) is 12.7. The zero-order valence-electron chi connectivity index (χ0n) is 15.3. The summed E-state index contributed by atoms with van der Waals surface area (Å²) >= 11 is 0. The van der Waals surface area contributed by atoms with Gasteiger partial charge in [0.05, 0.1) is 6.26 Å². The maximum Gasteiger partial charge on any atom is 0.289 e. The number of benzene rings is 1. The number of carbonyl (C=O) groups excluding carboxylic acids is 2. The van der Waals surface area contributed by atoms with Crippen LogP contribution >= 0.6 is 0 Å². The molecule has 5 heteroatoms. The van der Waals surface area contributed by atoms with Gasteiger partial charge in [0.15, 0.2) is 5.76 Å². The fraction of sp³-hybridized carbons (Fsp3) is 0.429. The number of likely N-dealkylation sites (N-methyl/N-ethyl adjacent to an activating group) is 1. The van der Waals surface area contributed by atoms with Crippen molar-refractivity contribution in [1.82, 2.24) is 9.80 Å². The van der Waals surface area contributed by atoms with E-state index < -0.39 is 0 Å². The van der Waals surface area contributed by atoms with Crippen molar-refractivity contribution in [2.45, 2.75) is 26.2 Å². The average molecular weight is 354 g/mol. The maximum atomic E-state index is 12.9. The lowest BCUT2D eigenvalue weighted by molar-refractivity contribution is -0.136. The van der Waals surface area contributed by atoms with Crippen LogP contribution in [0.2, 0.25) is 0 Å². The molecule has 1 aromatic heterocycles. The van der Waals surface area contributed by atoms with Gasteiger partial charge in [-0.3, -0.25) is 9.59 Å². The number of rotatable bonds is 6. The first kappa shape index (κ1) is 18.2. The summed E-state index contributed by atoms with van der Waals surface area (Å²) in [5.74, 6) is 0.505. The van der Waals surface area contributed by atoms with Crippen molar-refractivity contribution in [3.05, 3.63) is 60.1 Å². The Labute approximate surface area is 154 Å². The molecule has 2 amide bonds. The molecule has 0 atom stereocenters. The van der Waals surface area contributed by atoms with E-state index in [9.17, 15) is 9.59 Å². The van der Waals surface area contributed by atoms with Gasteiger partial charge in [-0.1, -0.05) is 30.3 Å². The predicted molar refractivity (Wildman–Crippen MR) is 99.7 cm³/mol. The smallest absolute Gasteiger partial charge is 0.289 e. The van der Waals surface area contributed by atoms with Crippen molar-refractivity contribution < 1.29 is 14.0 Å². The SMILES string of the molecule is CCN(CCc1ccccc1)C(=O)C1CCN(C(=O)c2ccco2)CC1. The summed E-state index contributed by atoms with van der Waals surface area (Å²) in [6.45, 7) is 4.69. The summed E-state index contributed by atoms with van der Waals surface area (Å²) in [5.41, 5.74) is 1.25. The summed E-state index contributed by atoms with van der Waals surface area (Å²) in [7, 11) is 0. The molecule has 2 heterocycles. The van der Waals surface area contributed by atoms with Gasteiger partial charge in [0.2, 0.25) is 5.91 Å². The van der Waals surface area contributed by atoms with E-state index in [0.717, 1.165) is 19.5 Å². The van der Waals surface area contributed by atoms with Crippen LogP contribution in [0.5, 0.6) is 0 Å². The standard InChI is InChI=1S/C21H26N2O3/c1-2-22(13-10-17-7-4-3-5-8-17)20(24)18-11-14-23(15-12-18)21(25)19-9-6-16-26-19/h3-9,16,18H,2,10-15H2,1H3. The molecule has 0 bridgehead atoms. The Hall–Kier alpha value is -2.56. The molecule has 1 saturated heterocycles. The number of hydrogen-bond acceptors (Lipinski definition) is 3. The van der Waals surface area contributed by atoms with Crippen molar-refractivity contribution in [2.24, 2.45) is 5.92 Å². The van der Waals surface area contributed by atoms with E-state index in [-0.39, 0.29) is 17.7 Å². The summed E-state index contributed by atoms with van der Waals surface area (Å²) in [5, 5.41) is 0. The lowest BCUT2D eigenvalue weighted by Crippen LogP contribution is -2.44. The highest BCUT2D eigenvalue weighted by Gasteiger charge is 2.30. The first-order valence-electron chi connectivity index (χ1n) is 9.34. The van der Waals surface area contributed by atoms with Gasteiger partial charge in [-0.2, -0.15) is 0 Å². The summed E-state index contributed by atoms with van der Waals surface area (Å²) in [4.78, 5) is 28.9. The van der Waals surface area contributed by atoms with Crippen molar-refractivity contribution in [3.63, 3.8) is 0 Å². The molecule has 0 saturated carbocycles. The summed E-state index contributed by atoms with van der Waals surface area (Å²) in [6.07, 6.45) is 3.81. The molecule has 2 aromatic rings. The summed E-state index contributed by atoms with van der Waals surface area (Å²) in [6, 6.07) is 13.6. The quantitative estimate of drug-likeness (QED) is 0.800. The molecule has 1 aliphatic heterocycles. The molecular weight excluding hydrogens is 328 g/mol. The van der Waals surface area contributed by atoms with E-state index in [1.165, 1.54) is 11.8 Å². The van der Waals surface area contributed by atoms with Gasteiger partial charge in [-0.15, -0.1) is 0 Å². The summed E-state index contributed by atoms with van der Waals surface area (Å²) < 4.78 is 5.19. The Kier molecular flexibility index (Phi) is 6.10. The molecule has 138 valence electrons. The largest absolute Gasteiger partial charge is 0.459 e. The third-order valence-electron chi connectivity index (χ3n) is 5.07. The molecule has 3 rings (SSSR count). The van der Waals surface area contributed by atoms with Crippen LogP contribution in [0.15, 0.2) is 53.1 Å². The Morgan fingerprint density at radius 2 is 1.85 bits per heavy atom. The van der Waals surface area contributed by atoms with E-state index in [1.807, 2.05) is 30.0 Å². The fourth-order valence-corrected chi connectivity index (χ4v) is 3.48. The highest BCUT2D eigenvalue weighted by atomic mass is 16.3. The lowest BCUT2D eigenvalue weighted by Gasteiger charge is -2.33. The molecule has 0 N–H and O–H groups in total. The van der Waals surface area contributed by atoms with Crippen LogP contribution < -0.4 is 0 Å². The number of carbonyl (C=O) groups is 2. The second-order valence-corrected chi connectivity index (χ2v) is 6.70. The van der Waals surface area contributed by atoms with Gasteiger partial charge >= 0.3 is 0 Å². The minimum absolute atomic E-state index is 0.00590. The van der Waals surface area contributed by atoms with E-state index >= 15 is 0 Å². The van der Waals surface area contributed by atoms with Crippen LogP contribution in [-0.4, -0.2) is 47.8 Å². The van der Waals surface area contributed by atoms with Crippen LogP contribution in [0.1, 0.15) is 35.9 Å². The predicted octanol–water partition coefficient (Wildman–Crippen LogP) is 3.22. The number of nitrogens with zero attached hydrogens (tertiary/aromatic N) is 2. The highest BCUT2D eigenvalue weighted by Crippen LogP contribution is 2.21. The second kappa shape index (κ2) is 8.70. The van der Waals surface area contributed by atoms with E-state index in [4.69, 9.17) is 4.42 Å². The molecule has 0 aliphatic carbocycles. The molecule has 1 aliphatic rings. The number of piperidine rings is 1. The third-order valence-corrected chi connectivity index (χ3v) is 5.07. The van der Waals surface area contributed by atoms with Gasteiger partial charge in [0.25, 0.3) is 5.91 Å². The second-order valence-electron chi connectivity index (χ2n) is 6.70. The van der Waals surface area contributed by atoms with Crippen LogP contribution in [0.25, 0.3) is 0 Å². The fourth-order valence-electron chi connectivity index (χ4n) is 3.48. The van der Waals surface area contributed by atoms with Gasteiger partial charge < -0.3 is 14.2 Å². The Morgan fingerprint density at radius 3 is 2.46 bits per heavy atom. The van der Waals surface area contributed by atoms with E-state index in [2.05, 4.69) is 12.1 Å².